The molecule has 0 bridgehead atoms. The van der Waals surface area contributed by atoms with Crippen molar-refractivity contribution < 1.29 is 26.0 Å². The molecule has 4 rings (SSSR count). The van der Waals surface area contributed by atoms with Crippen molar-refractivity contribution in [2.24, 2.45) is 0 Å². The molecule has 0 radical (unpaired) electrons. The molecule has 0 fully saturated rings. The Morgan fingerprint density at radius 1 is 1.13 bits per heavy atom. The predicted molar refractivity (Wildman–Crippen MR) is 103 cm³/mol. The first-order valence-electron chi connectivity index (χ1n) is 8.33. The smallest absolute Gasteiger partial charge is 0.278 e. The molecule has 156 valence electrons. The average Bonchev–Trinajstić information content (AvgIpc) is 3.14. The normalized spacial score (nSPS) is 14.4. The number of alkyl halides is 3. The second-order valence-corrected chi connectivity index (χ2v) is 9.04. The van der Waals surface area contributed by atoms with Gasteiger partial charge in [-0.25, -0.2) is 12.8 Å². The first kappa shape index (κ1) is 20.5. The van der Waals surface area contributed by atoms with Crippen LogP contribution in [0.5, 0.6) is 0 Å². The van der Waals surface area contributed by atoms with E-state index in [0.29, 0.717) is 28.0 Å². The fourth-order valence-electron chi connectivity index (χ4n) is 3.00. The average molecular weight is 503 g/mol. The number of sulfonamides is 1. The summed E-state index contributed by atoms with van der Waals surface area (Å²) in [6.07, 6.45) is -1.23. The number of aromatic nitrogens is 3. The van der Waals surface area contributed by atoms with Crippen molar-refractivity contribution in [2.75, 3.05) is 0 Å². The third-order valence-electron chi connectivity index (χ3n) is 4.45. The van der Waals surface area contributed by atoms with Crippen molar-refractivity contribution >= 4 is 37.7 Å². The first-order valence-corrected chi connectivity index (χ1v) is 10.6. The Morgan fingerprint density at radius 3 is 2.53 bits per heavy atom. The van der Waals surface area contributed by atoms with Gasteiger partial charge in [-0.15, -0.1) is 0 Å². The van der Waals surface area contributed by atoms with E-state index in [0.717, 1.165) is 10.4 Å². The highest BCUT2D eigenvalue weighted by atomic mass is 79.9. The van der Waals surface area contributed by atoms with E-state index >= 15 is 0 Å². The molecule has 1 aliphatic rings. The van der Waals surface area contributed by atoms with Crippen molar-refractivity contribution in [3.8, 4) is 0 Å². The van der Waals surface area contributed by atoms with Gasteiger partial charge in [-0.1, -0.05) is 6.07 Å². The molecular formula is C18H11BrF4N4O2S. The van der Waals surface area contributed by atoms with Gasteiger partial charge in [0, 0.05) is 21.8 Å². The van der Waals surface area contributed by atoms with Crippen molar-refractivity contribution in [2.45, 2.75) is 17.6 Å². The van der Waals surface area contributed by atoms with Crippen LogP contribution in [0.3, 0.4) is 0 Å². The number of rotatable bonds is 3. The molecule has 0 atom stereocenters. The molecule has 0 saturated heterocycles. The van der Waals surface area contributed by atoms with Gasteiger partial charge in [0.15, 0.2) is 0 Å². The SMILES string of the molecule is O=S(=O)(c1ccc(C(F)(F)F)nc1)N1Cc2cn[nH]c2C=C1c1c(F)cccc1Br. The zero-order chi connectivity index (χ0) is 21.7. The second kappa shape index (κ2) is 7.20. The van der Waals surface area contributed by atoms with Crippen LogP contribution in [0.2, 0.25) is 0 Å². The molecule has 1 aromatic carbocycles. The van der Waals surface area contributed by atoms with Crippen LogP contribution in [0.4, 0.5) is 17.6 Å². The van der Waals surface area contributed by atoms with Crippen LogP contribution in [0.1, 0.15) is 22.5 Å². The first-order chi connectivity index (χ1) is 14.1. The monoisotopic (exact) mass is 502 g/mol. The van der Waals surface area contributed by atoms with Gasteiger partial charge in [0.2, 0.25) is 0 Å². The Balaban J connectivity index is 1.85. The summed E-state index contributed by atoms with van der Waals surface area (Å²) in [5.41, 5.74) is -0.213. The summed E-state index contributed by atoms with van der Waals surface area (Å²) in [6.45, 7) is -0.193. The van der Waals surface area contributed by atoms with Gasteiger partial charge in [0.1, 0.15) is 16.4 Å². The van der Waals surface area contributed by atoms with E-state index in [2.05, 4.69) is 31.1 Å². The van der Waals surface area contributed by atoms with Gasteiger partial charge in [0.25, 0.3) is 10.0 Å². The molecule has 1 aliphatic heterocycles. The summed E-state index contributed by atoms with van der Waals surface area (Å²) in [5, 5.41) is 6.58. The zero-order valence-corrected chi connectivity index (χ0v) is 17.2. The van der Waals surface area contributed by atoms with Gasteiger partial charge in [-0.05, 0) is 46.3 Å². The summed E-state index contributed by atoms with van der Waals surface area (Å²) >= 11 is 3.23. The molecular weight excluding hydrogens is 492 g/mol. The lowest BCUT2D eigenvalue weighted by atomic mass is 10.1. The van der Waals surface area contributed by atoms with Gasteiger partial charge in [-0.3, -0.25) is 14.4 Å². The number of nitrogens with zero attached hydrogens (tertiary/aromatic N) is 3. The molecule has 6 nitrogen and oxygen atoms in total. The van der Waals surface area contributed by atoms with Crippen LogP contribution in [0.25, 0.3) is 11.8 Å². The van der Waals surface area contributed by atoms with Gasteiger partial charge in [0.05, 0.1) is 24.1 Å². The van der Waals surface area contributed by atoms with Crippen LogP contribution in [-0.2, 0) is 22.7 Å². The van der Waals surface area contributed by atoms with Crippen molar-refractivity contribution in [1.82, 2.24) is 19.5 Å². The molecule has 3 heterocycles. The predicted octanol–water partition coefficient (Wildman–Crippen LogP) is 4.43. The summed E-state index contributed by atoms with van der Waals surface area (Å²) in [5.74, 6) is -0.677. The number of fused-ring (bicyclic) bond motifs is 1. The number of H-pyrrole nitrogens is 1. The van der Waals surface area contributed by atoms with E-state index in [9.17, 15) is 26.0 Å². The van der Waals surface area contributed by atoms with E-state index in [1.165, 1.54) is 24.4 Å². The van der Waals surface area contributed by atoms with Crippen LogP contribution in [-0.4, -0.2) is 27.9 Å². The molecule has 0 aliphatic carbocycles. The lowest BCUT2D eigenvalue weighted by molar-refractivity contribution is -0.141. The zero-order valence-electron chi connectivity index (χ0n) is 14.8. The number of nitrogens with one attached hydrogen (secondary N) is 1. The Kier molecular flexibility index (Phi) is 4.93. The van der Waals surface area contributed by atoms with Crippen molar-refractivity contribution in [3.05, 3.63) is 75.5 Å². The maximum Gasteiger partial charge on any atom is 0.433 e. The molecule has 0 saturated carbocycles. The van der Waals surface area contributed by atoms with E-state index in [1.807, 2.05) is 0 Å². The minimum Gasteiger partial charge on any atom is -0.278 e. The third-order valence-corrected chi connectivity index (χ3v) is 6.85. The van der Waals surface area contributed by atoms with Crippen LogP contribution >= 0.6 is 15.9 Å². The molecule has 12 heteroatoms. The number of halogens is 5. The number of benzene rings is 1. The summed E-state index contributed by atoms with van der Waals surface area (Å²) in [6, 6.07) is 5.58. The van der Waals surface area contributed by atoms with Crippen LogP contribution in [0, 0.1) is 5.82 Å². The van der Waals surface area contributed by atoms with E-state index in [-0.39, 0.29) is 17.8 Å². The number of hydrogen-bond donors (Lipinski definition) is 1. The highest BCUT2D eigenvalue weighted by molar-refractivity contribution is 9.10. The number of aromatic amines is 1. The molecule has 3 aromatic rings. The molecule has 30 heavy (non-hydrogen) atoms. The number of pyridine rings is 1. The van der Waals surface area contributed by atoms with E-state index in [4.69, 9.17) is 0 Å². The minimum atomic E-state index is -4.71. The van der Waals surface area contributed by atoms with Crippen molar-refractivity contribution in [1.29, 1.82) is 0 Å². The summed E-state index contributed by atoms with van der Waals surface area (Å²) < 4.78 is 80.8. The summed E-state index contributed by atoms with van der Waals surface area (Å²) in [4.78, 5) is 2.77. The second-order valence-electron chi connectivity index (χ2n) is 6.32. The molecule has 0 amide bonds. The Bertz CT molecular complexity index is 1230. The largest absolute Gasteiger partial charge is 0.433 e. The quantitative estimate of drug-likeness (QED) is 0.537. The van der Waals surface area contributed by atoms with E-state index in [1.54, 1.807) is 6.07 Å². The van der Waals surface area contributed by atoms with Gasteiger partial charge in [-0.2, -0.15) is 18.3 Å². The molecule has 2 aromatic heterocycles. The fraction of sp³-hybridized carbons (Fsp3) is 0.111. The highest BCUT2D eigenvalue weighted by Crippen LogP contribution is 2.39. The maximum atomic E-state index is 14.6. The van der Waals surface area contributed by atoms with Crippen LogP contribution < -0.4 is 0 Å². The Morgan fingerprint density at radius 2 is 1.90 bits per heavy atom. The Hall–Kier alpha value is -2.73. The molecule has 0 unspecified atom stereocenters. The lowest BCUT2D eigenvalue weighted by Gasteiger charge is -2.30. The maximum absolute atomic E-state index is 14.6. The van der Waals surface area contributed by atoms with E-state index < -0.39 is 32.6 Å². The lowest BCUT2D eigenvalue weighted by Crippen LogP contribution is -2.32. The van der Waals surface area contributed by atoms with Gasteiger partial charge < -0.3 is 0 Å². The number of hydrogen-bond acceptors (Lipinski definition) is 4. The summed E-state index contributed by atoms with van der Waals surface area (Å²) in [7, 11) is -4.37. The highest BCUT2D eigenvalue weighted by Gasteiger charge is 2.36. The Labute approximate surface area is 176 Å². The van der Waals surface area contributed by atoms with Crippen molar-refractivity contribution in [3.63, 3.8) is 0 Å². The molecule has 0 spiro atoms. The standard InChI is InChI=1S/C18H11BrF4N4O2S/c19-12-2-1-3-13(20)17(12)15-6-14-10(7-25-26-14)9-27(15)30(28,29)11-4-5-16(24-8-11)18(21,22)23/h1-8H,9H2,(H,25,26). The fourth-order valence-corrected chi connectivity index (χ4v) is 4.94. The molecule has 1 N–H and O–H groups in total. The van der Waals surface area contributed by atoms with Crippen LogP contribution in [0.15, 0.2) is 52.1 Å². The minimum absolute atomic E-state index is 0.00313. The van der Waals surface area contributed by atoms with Gasteiger partial charge >= 0.3 is 6.18 Å². The third kappa shape index (κ3) is 3.49. The topological polar surface area (TPSA) is 79.0 Å².